The molecule has 182 valence electrons. The number of hydrogen-bond acceptors (Lipinski definition) is 4. The summed E-state index contributed by atoms with van der Waals surface area (Å²) in [5, 5.41) is 10.8. The van der Waals surface area contributed by atoms with Gasteiger partial charge in [-0.2, -0.15) is 13.2 Å². The van der Waals surface area contributed by atoms with Gasteiger partial charge in [-0.1, -0.05) is 19.1 Å². The lowest BCUT2D eigenvalue weighted by molar-refractivity contribution is -0.232. The van der Waals surface area contributed by atoms with Crippen molar-refractivity contribution in [1.82, 2.24) is 4.98 Å². The zero-order valence-electron chi connectivity index (χ0n) is 18.6. The number of ether oxygens (including phenoxy) is 1. The average molecular weight is 482 g/mol. The van der Waals surface area contributed by atoms with Crippen molar-refractivity contribution >= 4 is 22.8 Å². The number of aliphatic hydroxyl groups is 1. The number of aryl methyl sites for hydroxylation is 1. The molecule has 0 spiro atoms. The Labute approximate surface area is 191 Å². The number of nitrogens with zero attached hydrogens (tertiary/aromatic N) is 1. The standard InChI is InChI=1S/C24H23F5N2O3/c1-4-14(15-6-5-13(2)20(26)22(15)34-3)11-23(33,24(27,28)29)12-30-18-9-8-17(25)21-16(18)7-10-19(32)31-21/h5-10,12,14,33H,4,11H2,1-3H3,(H,31,32). The van der Waals surface area contributed by atoms with E-state index < -0.39 is 41.3 Å². The zero-order chi connectivity index (χ0) is 25.3. The Morgan fingerprint density at radius 3 is 2.47 bits per heavy atom. The summed E-state index contributed by atoms with van der Waals surface area (Å²) in [5.74, 6) is -2.57. The molecule has 5 nitrogen and oxygen atoms in total. The van der Waals surface area contributed by atoms with Gasteiger partial charge in [-0.15, -0.1) is 0 Å². The van der Waals surface area contributed by atoms with Gasteiger partial charge in [-0.3, -0.25) is 9.79 Å². The van der Waals surface area contributed by atoms with Crippen molar-refractivity contribution in [2.75, 3.05) is 7.11 Å². The Balaban J connectivity index is 2.06. The number of H-pyrrole nitrogens is 1. The Bertz CT molecular complexity index is 1290. The Morgan fingerprint density at radius 1 is 1.15 bits per heavy atom. The summed E-state index contributed by atoms with van der Waals surface area (Å²) in [6.07, 6.45) is -5.48. The first kappa shape index (κ1) is 25.4. The molecule has 34 heavy (non-hydrogen) atoms. The van der Waals surface area contributed by atoms with Crippen molar-refractivity contribution in [2.45, 2.75) is 44.4 Å². The van der Waals surface area contributed by atoms with Crippen LogP contribution in [0.25, 0.3) is 10.9 Å². The molecular weight excluding hydrogens is 459 g/mol. The lowest BCUT2D eigenvalue weighted by Crippen LogP contribution is -2.47. The Kier molecular flexibility index (Phi) is 7.11. The van der Waals surface area contributed by atoms with Crippen LogP contribution in [0.15, 0.2) is 46.2 Å². The molecule has 2 N–H and O–H groups in total. The fraction of sp³-hybridized carbons (Fsp3) is 0.333. The number of halogens is 5. The van der Waals surface area contributed by atoms with Gasteiger partial charge in [-0.05, 0) is 49.4 Å². The fourth-order valence-corrected chi connectivity index (χ4v) is 3.78. The molecule has 2 atom stereocenters. The number of rotatable bonds is 7. The van der Waals surface area contributed by atoms with E-state index in [9.17, 15) is 31.9 Å². The Hall–Kier alpha value is -3.27. The molecule has 0 aliphatic heterocycles. The van der Waals surface area contributed by atoms with E-state index in [-0.39, 0.29) is 39.9 Å². The number of fused-ring (bicyclic) bond motifs is 1. The number of benzene rings is 2. The first-order chi connectivity index (χ1) is 15.9. The predicted molar refractivity (Wildman–Crippen MR) is 119 cm³/mol. The number of aromatic nitrogens is 1. The molecule has 0 amide bonds. The average Bonchev–Trinajstić information content (AvgIpc) is 2.78. The van der Waals surface area contributed by atoms with Crippen molar-refractivity contribution in [3.63, 3.8) is 0 Å². The number of aromatic amines is 1. The number of alkyl halides is 3. The molecule has 2 unspecified atom stereocenters. The molecule has 0 bridgehead atoms. The maximum absolute atomic E-state index is 14.5. The van der Waals surface area contributed by atoms with Crippen molar-refractivity contribution in [3.8, 4) is 5.75 Å². The van der Waals surface area contributed by atoms with Crippen LogP contribution in [0.5, 0.6) is 5.75 Å². The lowest BCUT2D eigenvalue weighted by Gasteiger charge is -2.31. The maximum Gasteiger partial charge on any atom is 0.422 e. The van der Waals surface area contributed by atoms with E-state index >= 15 is 0 Å². The van der Waals surface area contributed by atoms with E-state index in [4.69, 9.17) is 4.74 Å². The van der Waals surface area contributed by atoms with Crippen LogP contribution in [-0.4, -0.2) is 35.2 Å². The lowest BCUT2D eigenvalue weighted by atomic mass is 9.83. The minimum atomic E-state index is -5.12. The van der Waals surface area contributed by atoms with Crippen LogP contribution in [0.4, 0.5) is 27.6 Å². The SMILES string of the molecule is CCC(CC(O)(C=Nc1ccc(F)c2[nH]c(=O)ccc12)C(F)(F)F)c1ccc(C)c(F)c1OC. The number of nitrogens with one attached hydrogen (secondary N) is 1. The highest BCUT2D eigenvalue weighted by molar-refractivity contribution is 5.92. The highest BCUT2D eigenvalue weighted by Crippen LogP contribution is 2.42. The van der Waals surface area contributed by atoms with Crippen molar-refractivity contribution in [3.05, 3.63) is 69.5 Å². The summed E-state index contributed by atoms with van der Waals surface area (Å²) in [5.41, 5.74) is -3.82. The molecule has 3 rings (SSSR count). The Morgan fingerprint density at radius 2 is 1.85 bits per heavy atom. The molecule has 0 radical (unpaired) electrons. The van der Waals surface area contributed by atoms with E-state index in [1.54, 1.807) is 6.92 Å². The van der Waals surface area contributed by atoms with Crippen LogP contribution in [0.2, 0.25) is 0 Å². The quantitative estimate of drug-likeness (QED) is 0.335. The van der Waals surface area contributed by atoms with Crippen LogP contribution in [-0.2, 0) is 0 Å². The van der Waals surface area contributed by atoms with Gasteiger partial charge < -0.3 is 14.8 Å². The van der Waals surface area contributed by atoms with Crippen LogP contribution in [0, 0.1) is 18.6 Å². The molecule has 3 aromatic rings. The van der Waals surface area contributed by atoms with Crippen molar-refractivity contribution in [1.29, 1.82) is 0 Å². The topological polar surface area (TPSA) is 74.7 Å². The third-order valence-corrected chi connectivity index (χ3v) is 5.74. The number of methoxy groups -OCH3 is 1. The smallest absolute Gasteiger partial charge is 0.422 e. The third-order valence-electron chi connectivity index (χ3n) is 5.74. The molecule has 0 saturated heterocycles. The highest BCUT2D eigenvalue weighted by Gasteiger charge is 2.53. The first-order valence-corrected chi connectivity index (χ1v) is 10.4. The second-order valence-corrected chi connectivity index (χ2v) is 7.99. The third kappa shape index (κ3) is 4.82. The van der Waals surface area contributed by atoms with Gasteiger partial charge in [0.05, 0.1) is 18.3 Å². The second kappa shape index (κ2) is 9.54. The largest absolute Gasteiger partial charge is 0.493 e. The van der Waals surface area contributed by atoms with Crippen molar-refractivity contribution in [2.24, 2.45) is 4.99 Å². The van der Waals surface area contributed by atoms with Crippen LogP contribution >= 0.6 is 0 Å². The monoisotopic (exact) mass is 482 g/mol. The summed E-state index contributed by atoms with van der Waals surface area (Å²) in [4.78, 5) is 17.6. The number of hydrogen-bond donors (Lipinski definition) is 2. The fourth-order valence-electron chi connectivity index (χ4n) is 3.78. The van der Waals surface area contributed by atoms with Gasteiger partial charge in [0.25, 0.3) is 0 Å². The highest BCUT2D eigenvalue weighted by atomic mass is 19.4. The van der Waals surface area contributed by atoms with Crippen LogP contribution < -0.4 is 10.3 Å². The minimum absolute atomic E-state index is 0.0645. The summed E-state index contributed by atoms with van der Waals surface area (Å²) in [7, 11) is 1.22. The van der Waals surface area contributed by atoms with E-state index in [1.165, 1.54) is 32.2 Å². The molecule has 1 aromatic heterocycles. The summed E-state index contributed by atoms with van der Waals surface area (Å²) in [6, 6.07) is 7.31. The van der Waals surface area contributed by atoms with Gasteiger partial charge in [-0.25, -0.2) is 8.78 Å². The molecule has 10 heteroatoms. The zero-order valence-corrected chi connectivity index (χ0v) is 18.6. The molecular formula is C24H23F5N2O3. The second-order valence-electron chi connectivity index (χ2n) is 7.99. The minimum Gasteiger partial charge on any atom is -0.493 e. The normalized spacial score (nSPS) is 15.0. The molecule has 0 fully saturated rings. The number of aliphatic imine (C=N–C) groups is 1. The van der Waals surface area contributed by atoms with E-state index in [0.29, 0.717) is 6.21 Å². The van der Waals surface area contributed by atoms with E-state index in [1.807, 2.05) is 0 Å². The van der Waals surface area contributed by atoms with E-state index in [2.05, 4.69) is 9.98 Å². The summed E-state index contributed by atoms with van der Waals surface area (Å²) >= 11 is 0. The van der Waals surface area contributed by atoms with Gasteiger partial charge in [0.1, 0.15) is 5.82 Å². The van der Waals surface area contributed by atoms with E-state index in [0.717, 1.165) is 18.2 Å². The number of pyridine rings is 1. The summed E-state index contributed by atoms with van der Waals surface area (Å²) < 4.78 is 75.7. The molecule has 1 heterocycles. The molecule has 0 aliphatic rings. The molecule has 0 saturated carbocycles. The van der Waals surface area contributed by atoms with Gasteiger partial charge in [0, 0.05) is 23.2 Å². The molecule has 2 aromatic carbocycles. The van der Waals surface area contributed by atoms with Gasteiger partial charge >= 0.3 is 6.18 Å². The van der Waals surface area contributed by atoms with Crippen LogP contribution in [0.1, 0.15) is 36.8 Å². The van der Waals surface area contributed by atoms with Gasteiger partial charge in [0.15, 0.2) is 17.2 Å². The summed E-state index contributed by atoms with van der Waals surface area (Å²) in [6.45, 7) is 3.11. The molecule has 0 aliphatic carbocycles. The van der Waals surface area contributed by atoms with Crippen molar-refractivity contribution < 1.29 is 31.8 Å². The predicted octanol–water partition coefficient (Wildman–Crippen LogP) is 5.70. The maximum atomic E-state index is 14.5. The van der Waals surface area contributed by atoms with Gasteiger partial charge in [0.2, 0.25) is 5.56 Å². The van der Waals surface area contributed by atoms with Crippen LogP contribution in [0.3, 0.4) is 0 Å². The first-order valence-electron chi connectivity index (χ1n) is 10.4.